The third-order valence-electron chi connectivity index (χ3n) is 13.1. The maximum absolute atomic E-state index is 14.1. The number of fused-ring (bicyclic) bond motifs is 4. The Balaban J connectivity index is 0.937. The molecule has 0 atom stereocenters. The molecule has 13 N–H and O–H groups in total. The number of hydrogen-bond acceptors (Lipinski definition) is 25. The molecule has 0 aromatic heterocycles. The van der Waals surface area contributed by atoms with Crippen LogP contribution in [-0.4, -0.2) is 101 Å². The van der Waals surface area contributed by atoms with Crippen LogP contribution >= 0.6 is 0 Å². The number of allylic oxidation sites excluding steroid dienone is 2. The van der Waals surface area contributed by atoms with Crippen molar-refractivity contribution in [3.05, 3.63) is 166 Å². The lowest BCUT2D eigenvalue weighted by Gasteiger charge is -2.19. The number of anilines is 6. The highest BCUT2D eigenvalue weighted by atomic mass is 32.2. The Bertz CT molecular complexity index is 5090. The van der Waals surface area contributed by atoms with Crippen LogP contribution in [0.4, 0.5) is 56.9 Å². The Morgan fingerprint density at radius 1 is 0.360 bits per heavy atom. The fourth-order valence-electron chi connectivity index (χ4n) is 9.00. The SMILES string of the molecule is Nc1ccc(N=Nc2ccc(N/N=C3\C(=O)c4ccc(Nc5ccc6c(c5)C=C(S(=O)(=O)O)/C(=N/Nc5ccc(N=Nc7ccc(N)cc7S(=O)(=O)O)c7ccc(S(=O)(=O)O)cc57)C6=O)cc4C=C3S(=O)(=O)O)c3cc(S(=O)(=O)O)ccc23)c(S(=O)(=O)O)c1. The van der Waals surface area contributed by atoms with Gasteiger partial charge in [0.25, 0.3) is 60.7 Å². The second-order valence-corrected chi connectivity index (χ2v) is 27.3. The highest BCUT2D eigenvalue weighted by Crippen LogP contribution is 2.40. The number of nitrogens with one attached hydrogen (secondary N) is 3. The summed E-state index contributed by atoms with van der Waals surface area (Å²) in [4.78, 5) is 23.5. The van der Waals surface area contributed by atoms with Crippen LogP contribution in [0.3, 0.4) is 0 Å². The molecule has 31 nitrogen and oxygen atoms in total. The molecule has 0 aliphatic heterocycles. The number of hydrazone groups is 2. The third kappa shape index (κ3) is 13.1. The lowest BCUT2D eigenvalue weighted by molar-refractivity contribution is 0.105. The second kappa shape index (κ2) is 22.7. The molecular weight excluding hydrogens is 1290 g/mol. The molecule has 2 aliphatic carbocycles. The Hall–Kier alpha value is -9.90. The number of rotatable bonds is 16. The largest absolute Gasteiger partial charge is 0.399 e. The molecule has 8 aromatic carbocycles. The molecular formula is C52H37N11O20S6. The van der Waals surface area contributed by atoms with Crippen LogP contribution in [0.5, 0.6) is 0 Å². The molecule has 456 valence electrons. The highest BCUT2D eigenvalue weighted by Gasteiger charge is 2.35. The number of Topliss-reactive ketones (excluding diaryl/α,β-unsaturated/α-hetero) is 2. The maximum atomic E-state index is 14.1. The van der Waals surface area contributed by atoms with Crippen molar-refractivity contribution in [1.82, 2.24) is 0 Å². The molecule has 0 bridgehead atoms. The van der Waals surface area contributed by atoms with E-state index in [9.17, 15) is 87.4 Å². The molecule has 2 aliphatic rings. The third-order valence-corrected chi connectivity index (χ3v) is 18.3. The number of ketones is 2. The summed E-state index contributed by atoms with van der Waals surface area (Å²) in [6.45, 7) is 0. The molecule has 0 spiro atoms. The van der Waals surface area contributed by atoms with E-state index < -0.39 is 113 Å². The zero-order chi connectivity index (χ0) is 64.5. The molecule has 0 amide bonds. The van der Waals surface area contributed by atoms with Gasteiger partial charge < -0.3 is 16.8 Å². The fraction of sp³-hybridized carbons (Fsp3) is 0. The fourth-order valence-corrected chi connectivity index (χ4v) is 12.7. The number of azo groups is 2. The second-order valence-electron chi connectivity index (χ2n) is 18.9. The van der Waals surface area contributed by atoms with E-state index >= 15 is 0 Å². The highest BCUT2D eigenvalue weighted by molar-refractivity contribution is 7.91. The van der Waals surface area contributed by atoms with Crippen molar-refractivity contribution in [3.63, 3.8) is 0 Å². The van der Waals surface area contributed by atoms with Gasteiger partial charge in [-0.2, -0.15) is 60.7 Å². The Morgan fingerprint density at radius 2 is 0.719 bits per heavy atom. The molecule has 10 rings (SSSR count). The van der Waals surface area contributed by atoms with Crippen LogP contribution in [0.2, 0.25) is 0 Å². The van der Waals surface area contributed by atoms with Gasteiger partial charge in [-0.25, -0.2) is 0 Å². The van der Waals surface area contributed by atoms with Crippen molar-refractivity contribution in [1.29, 1.82) is 0 Å². The summed E-state index contributed by atoms with van der Waals surface area (Å²) in [5, 5.41) is 26.8. The van der Waals surface area contributed by atoms with Crippen molar-refractivity contribution in [3.8, 4) is 0 Å². The van der Waals surface area contributed by atoms with Gasteiger partial charge in [-0.1, -0.05) is 12.1 Å². The number of carbonyl (C=O) groups is 2. The number of nitrogen functional groups attached to an aromatic ring is 2. The standard InChI is InChI=1S/C52H37N11O20S6/c53-27-1-11-43(45(21-27)86(72,73)74)60-56-39-13-15-41(37-23-31(84(66,67)68)5-9-35(37)39)58-62-49-47(88(78,79)80)19-25-17-29(3-7-33(25)51(49)64)55-30-4-8-34-26(18-30)20-48(89(81,82)83)50(52(34)65)63-59-42-16-14-40(36-10-6-32(24-38(36)42)85(69,70)71)57-61-44-12-2-28(54)22-46(44)87(75,76)77/h1-24,55,58-59H,53-54H2,(H,66,67,68)(H,69,70,71)(H,72,73,74)(H,75,76,77)(H,78,79,80)(H,81,82,83)/b60-56?,61-57?,62-49-,63-50-. The predicted molar refractivity (Wildman–Crippen MR) is 323 cm³/mol. The summed E-state index contributed by atoms with van der Waals surface area (Å²) in [5.74, 6) is -2.13. The van der Waals surface area contributed by atoms with Gasteiger partial charge in [0.05, 0.1) is 32.5 Å². The van der Waals surface area contributed by atoms with Gasteiger partial charge in [0.2, 0.25) is 11.6 Å². The molecule has 0 saturated carbocycles. The monoisotopic (exact) mass is 1330 g/mol. The van der Waals surface area contributed by atoms with Gasteiger partial charge in [0, 0.05) is 55.4 Å². The van der Waals surface area contributed by atoms with Crippen LogP contribution < -0.4 is 27.6 Å². The van der Waals surface area contributed by atoms with E-state index in [0.29, 0.717) is 0 Å². The Kier molecular flexibility index (Phi) is 15.8. The minimum atomic E-state index is -5.29. The van der Waals surface area contributed by atoms with Crippen LogP contribution in [0.25, 0.3) is 33.7 Å². The molecule has 0 radical (unpaired) electrons. The summed E-state index contributed by atoms with van der Waals surface area (Å²) >= 11 is 0. The number of nitrogens with two attached hydrogens (primary N) is 2. The molecule has 0 heterocycles. The number of nitrogens with zero attached hydrogens (tertiary/aromatic N) is 6. The van der Waals surface area contributed by atoms with Crippen LogP contribution in [0, 0.1) is 0 Å². The van der Waals surface area contributed by atoms with Gasteiger partial charge in [0.15, 0.2) is 11.4 Å². The average molecular weight is 1330 g/mol. The van der Waals surface area contributed by atoms with E-state index in [-0.39, 0.29) is 101 Å². The summed E-state index contributed by atoms with van der Waals surface area (Å²) in [6.07, 6.45) is 1.80. The van der Waals surface area contributed by atoms with Crippen LogP contribution in [0.1, 0.15) is 31.8 Å². The van der Waals surface area contributed by atoms with Crippen molar-refractivity contribution in [2.75, 3.05) is 27.6 Å². The topological polar surface area (TPSA) is 523 Å². The summed E-state index contributed by atoms with van der Waals surface area (Å²) in [6, 6.07) is 25.7. The molecule has 0 unspecified atom stereocenters. The van der Waals surface area contributed by atoms with Crippen LogP contribution in [0.15, 0.2) is 194 Å². The van der Waals surface area contributed by atoms with Crippen molar-refractivity contribution in [2.45, 2.75) is 19.6 Å². The first kappa shape index (κ1) is 62.2. The van der Waals surface area contributed by atoms with Crippen LogP contribution in [-0.2, 0) is 60.7 Å². The average Bonchev–Trinajstić information content (AvgIpc) is 0.925. The van der Waals surface area contributed by atoms with Gasteiger partial charge in [0.1, 0.15) is 31.0 Å². The number of hydrogen-bond donors (Lipinski definition) is 11. The number of carbonyl (C=O) groups excluding carboxylic acids is 2. The van der Waals surface area contributed by atoms with Crippen molar-refractivity contribution < 1.29 is 87.4 Å². The van der Waals surface area contributed by atoms with E-state index in [1.165, 1.54) is 84.9 Å². The minimum absolute atomic E-state index is 0.0357. The molecule has 0 fully saturated rings. The Morgan fingerprint density at radius 3 is 1.07 bits per heavy atom. The maximum Gasteiger partial charge on any atom is 0.296 e. The summed E-state index contributed by atoms with van der Waals surface area (Å²) in [5.41, 5.74) is 13.2. The van der Waals surface area contributed by atoms with Gasteiger partial charge >= 0.3 is 0 Å². The van der Waals surface area contributed by atoms with Crippen molar-refractivity contribution in [2.24, 2.45) is 30.7 Å². The van der Waals surface area contributed by atoms with Gasteiger partial charge in [-0.15, -0.1) is 20.5 Å². The minimum Gasteiger partial charge on any atom is -0.399 e. The molecule has 37 heteroatoms. The summed E-state index contributed by atoms with van der Waals surface area (Å²) < 4.78 is 209. The van der Waals surface area contributed by atoms with E-state index in [1.807, 2.05) is 0 Å². The summed E-state index contributed by atoms with van der Waals surface area (Å²) in [7, 11) is -30.0. The quantitative estimate of drug-likeness (QED) is 0.0187. The first-order valence-electron chi connectivity index (χ1n) is 24.4. The molecule has 8 aromatic rings. The molecule has 89 heavy (non-hydrogen) atoms. The predicted octanol–water partition coefficient (Wildman–Crippen LogP) is 8.50. The van der Waals surface area contributed by atoms with E-state index in [4.69, 9.17) is 11.5 Å². The zero-order valence-corrected chi connectivity index (χ0v) is 48.9. The van der Waals surface area contributed by atoms with Gasteiger partial charge in [-0.3, -0.25) is 47.8 Å². The normalized spacial score (nSPS) is 15.2. The van der Waals surface area contributed by atoms with E-state index in [1.54, 1.807) is 0 Å². The smallest absolute Gasteiger partial charge is 0.296 e. The lowest BCUT2D eigenvalue weighted by Crippen LogP contribution is -2.27. The Labute approximate surface area is 502 Å². The van der Waals surface area contributed by atoms with Gasteiger partial charge in [-0.05, 0) is 145 Å². The lowest BCUT2D eigenvalue weighted by atomic mass is 9.93. The number of benzene rings is 8. The zero-order valence-electron chi connectivity index (χ0n) is 44.0. The molecule has 0 saturated heterocycles. The first-order valence-corrected chi connectivity index (χ1v) is 33.0. The van der Waals surface area contributed by atoms with Crippen molar-refractivity contribution >= 4 is 174 Å². The first-order chi connectivity index (χ1) is 41.5. The van der Waals surface area contributed by atoms with E-state index in [2.05, 4.69) is 46.8 Å². The van der Waals surface area contributed by atoms with E-state index in [0.717, 1.165) is 60.7 Å².